The van der Waals surface area contributed by atoms with Gasteiger partial charge in [-0.05, 0) is 31.5 Å². The van der Waals surface area contributed by atoms with Crippen molar-refractivity contribution in [1.82, 2.24) is 0 Å². The Kier molecular flexibility index (Phi) is 4.31. The largest absolute Gasteiger partial charge is 0.497 e. The monoisotopic (exact) mass is 208 g/mol. The SMILES string of the molecule is COc1cccc(COC(C)C(C)=O)c1. The fourth-order valence-electron chi connectivity index (χ4n) is 1.10. The zero-order chi connectivity index (χ0) is 11.3. The standard InChI is InChI=1S/C12H16O3/c1-9(13)10(2)15-8-11-5-4-6-12(7-11)14-3/h4-7,10H,8H2,1-3H3. The highest BCUT2D eigenvalue weighted by Gasteiger charge is 2.07. The smallest absolute Gasteiger partial charge is 0.158 e. The Hall–Kier alpha value is -1.35. The Bertz CT molecular complexity index is 333. The quantitative estimate of drug-likeness (QED) is 0.744. The normalized spacial score (nSPS) is 12.2. The topological polar surface area (TPSA) is 35.5 Å². The lowest BCUT2D eigenvalue weighted by Crippen LogP contribution is -2.17. The second kappa shape index (κ2) is 5.51. The van der Waals surface area contributed by atoms with Crippen molar-refractivity contribution in [2.45, 2.75) is 26.6 Å². The van der Waals surface area contributed by atoms with E-state index in [4.69, 9.17) is 9.47 Å². The van der Waals surface area contributed by atoms with Crippen LogP contribution in [0.4, 0.5) is 0 Å². The number of carbonyl (C=O) groups excluding carboxylic acids is 1. The first kappa shape index (κ1) is 11.7. The molecule has 3 heteroatoms. The summed E-state index contributed by atoms with van der Waals surface area (Å²) in [5.74, 6) is 0.837. The van der Waals surface area contributed by atoms with Crippen LogP contribution in [0.3, 0.4) is 0 Å². The van der Waals surface area contributed by atoms with Gasteiger partial charge in [-0.1, -0.05) is 12.1 Å². The Morgan fingerprint density at radius 3 is 2.80 bits per heavy atom. The molecule has 1 unspecified atom stereocenters. The molecule has 1 aromatic carbocycles. The van der Waals surface area contributed by atoms with Crippen LogP contribution in [0.15, 0.2) is 24.3 Å². The van der Waals surface area contributed by atoms with Crippen molar-refractivity contribution in [2.24, 2.45) is 0 Å². The van der Waals surface area contributed by atoms with Crippen molar-refractivity contribution in [2.75, 3.05) is 7.11 Å². The Balaban J connectivity index is 2.53. The summed E-state index contributed by atoms with van der Waals surface area (Å²) in [6.45, 7) is 3.71. The molecule has 0 aliphatic heterocycles. The molecule has 0 spiro atoms. The fourth-order valence-corrected chi connectivity index (χ4v) is 1.10. The van der Waals surface area contributed by atoms with E-state index in [-0.39, 0.29) is 11.9 Å². The second-order valence-electron chi connectivity index (χ2n) is 3.42. The van der Waals surface area contributed by atoms with E-state index in [1.165, 1.54) is 6.92 Å². The van der Waals surface area contributed by atoms with Crippen molar-refractivity contribution in [3.05, 3.63) is 29.8 Å². The fraction of sp³-hybridized carbons (Fsp3) is 0.417. The van der Waals surface area contributed by atoms with Crippen molar-refractivity contribution in [3.8, 4) is 5.75 Å². The Labute approximate surface area is 90.0 Å². The molecule has 0 fully saturated rings. The lowest BCUT2D eigenvalue weighted by atomic mass is 10.2. The third-order valence-corrected chi connectivity index (χ3v) is 2.21. The van der Waals surface area contributed by atoms with Crippen LogP contribution in [-0.2, 0) is 16.1 Å². The molecule has 0 aliphatic carbocycles. The van der Waals surface area contributed by atoms with Crippen LogP contribution >= 0.6 is 0 Å². The summed E-state index contributed by atoms with van der Waals surface area (Å²) in [6.07, 6.45) is -0.351. The van der Waals surface area contributed by atoms with Gasteiger partial charge in [-0.15, -0.1) is 0 Å². The molecular formula is C12H16O3. The molecule has 1 rings (SSSR count). The van der Waals surface area contributed by atoms with Crippen LogP contribution in [0.1, 0.15) is 19.4 Å². The summed E-state index contributed by atoms with van der Waals surface area (Å²) in [5.41, 5.74) is 1.00. The van der Waals surface area contributed by atoms with Gasteiger partial charge in [0, 0.05) is 0 Å². The van der Waals surface area contributed by atoms with Gasteiger partial charge in [0.2, 0.25) is 0 Å². The molecule has 0 radical (unpaired) electrons. The van der Waals surface area contributed by atoms with Crippen molar-refractivity contribution < 1.29 is 14.3 Å². The minimum atomic E-state index is -0.351. The third kappa shape index (κ3) is 3.72. The molecule has 3 nitrogen and oxygen atoms in total. The van der Waals surface area contributed by atoms with E-state index in [9.17, 15) is 4.79 Å². The Morgan fingerprint density at radius 2 is 2.20 bits per heavy atom. The van der Waals surface area contributed by atoms with Crippen molar-refractivity contribution in [1.29, 1.82) is 0 Å². The van der Waals surface area contributed by atoms with Crippen LogP contribution in [0, 0.1) is 0 Å². The molecule has 0 amide bonds. The van der Waals surface area contributed by atoms with Crippen LogP contribution in [0.5, 0.6) is 5.75 Å². The molecule has 0 heterocycles. The molecular weight excluding hydrogens is 192 g/mol. The van der Waals surface area contributed by atoms with Crippen molar-refractivity contribution >= 4 is 5.78 Å². The van der Waals surface area contributed by atoms with Crippen LogP contribution in [0.2, 0.25) is 0 Å². The lowest BCUT2D eigenvalue weighted by molar-refractivity contribution is -0.127. The van der Waals surface area contributed by atoms with Gasteiger partial charge in [0.05, 0.1) is 13.7 Å². The minimum absolute atomic E-state index is 0.0397. The van der Waals surface area contributed by atoms with Gasteiger partial charge in [0.25, 0.3) is 0 Å². The summed E-state index contributed by atoms with van der Waals surface area (Å²) in [4.78, 5) is 10.9. The van der Waals surface area contributed by atoms with Gasteiger partial charge in [-0.3, -0.25) is 4.79 Å². The molecule has 15 heavy (non-hydrogen) atoms. The van der Waals surface area contributed by atoms with Gasteiger partial charge >= 0.3 is 0 Å². The average molecular weight is 208 g/mol. The summed E-state index contributed by atoms with van der Waals surface area (Å²) >= 11 is 0. The van der Waals surface area contributed by atoms with Gasteiger partial charge in [0.1, 0.15) is 11.9 Å². The number of hydrogen-bond donors (Lipinski definition) is 0. The zero-order valence-corrected chi connectivity index (χ0v) is 9.32. The first-order chi connectivity index (χ1) is 7.13. The molecule has 0 bridgehead atoms. The summed E-state index contributed by atoms with van der Waals surface area (Å²) in [5, 5.41) is 0. The molecule has 0 saturated heterocycles. The summed E-state index contributed by atoms with van der Waals surface area (Å²) < 4.78 is 10.5. The summed E-state index contributed by atoms with van der Waals surface area (Å²) in [6, 6.07) is 7.61. The van der Waals surface area contributed by atoms with E-state index in [1.54, 1.807) is 14.0 Å². The van der Waals surface area contributed by atoms with Gasteiger partial charge in [0.15, 0.2) is 5.78 Å². The maximum Gasteiger partial charge on any atom is 0.158 e. The van der Waals surface area contributed by atoms with Crippen molar-refractivity contribution in [3.63, 3.8) is 0 Å². The molecule has 0 saturated carbocycles. The first-order valence-electron chi connectivity index (χ1n) is 4.88. The number of Topliss-reactive ketones (excluding diaryl/α,β-unsaturated/α-hetero) is 1. The van der Waals surface area contributed by atoms with Crippen LogP contribution < -0.4 is 4.74 Å². The Morgan fingerprint density at radius 1 is 1.47 bits per heavy atom. The van der Waals surface area contributed by atoms with E-state index < -0.39 is 0 Å². The van der Waals surface area contributed by atoms with E-state index in [1.807, 2.05) is 24.3 Å². The number of benzene rings is 1. The van der Waals surface area contributed by atoms with Gasteiger partial charge in [-0.25, -0.2) is 0 Å². The average Bonchev–Trinajstić information content (AvgIpc) is 2.26. The van der Waals surface area contributed by atoms with E-state index in [0.717, 1.165) is 11.3 Å². The number of methoxy groups -OCH3 is 1. The number of ether oxygens (including phenoxy) is 2. The molecule has 1 aromatic rings. The maximum atomic E-state index is 10.9. The van der Waals surface area contributed by atoms with Gasteiger partial charge in [-0.2, -0.15) is 0 Å². The predicted octanol–water partition coefficient (Wildman–Crippen LogP) is 2.19. The number of rotatable bonds is 5. The van der Waals surface area contributed by atoms with E-state index in [0.29, 0.717) is 6.61 Å². The lowest BCUT2D eigenvalue weighted by Gasteiger charge is -2.10. The first-order valence-corrected chi connectivity index (χ1v) is 4.88. The molecule has 0 N–H and O–H groups in total. The van der Waals surface area contributed by atoms with E-state index in [2.05, 4.69) is 0 Å². The second-order valence-corrected chi connectivity index (χ2v) is 3.42. The highest BCUT2D eigenvalue weighted by atomic mass is 16.5. The zero-order valence-electron chi connectivity index (χ0n) is 9.32. The summed E-state index contributed by atoms with van der Waals surface area (Å²) in [7, 11) is 1.62. The number of hydrogen-bond acceptors (Lipinski definition) is 3. The third-order valence-electron chi connectivity index (χ3n) is 2.21. The molecule has 0 aromatic heterocycles. The van der Waals surface area contributed by atoms with E-state index >= 15 is 0 Å². The number of carbonyl (C=O) groups is 1. The highest BCUT2D eigenvalue weighted by Crippen LogP contribution is 2.13. The predicted molar refractivity (Wildman–Crippen MR) is 57.9 cm³/mol. The minimum Gasteiger partial charge on any atom is -0.497 e. The number of ketones is 1. The maximum absolute atomic E-state index is 10.9. The highest BCUT2D eigenvalue weighted by molar-refractivity contribution is 5.79. The molecule has 0 aliphatic rings. The van der Waals surface area contributed by atoms with Gasteiger partial charge < -0.3 is 9.47 Å². The van der Waals surface area contributed by atoms with Crippen LogP contribution in [0.25, 0.3) is 0 Å². The molecule has 1 atom stereocenters. The van der Waals surface area contributed by atoms with Crippen LogP contribution in [-0.4, -0.2) is 19.0 Å². The molecule has 82 valence electrons.